The minimum Gasteiger partial charge on any atom is -0.336 e. The number of aromatic amines is 2. The maximum absolute atomic E-state index is 14.1. The lowest BCUT2D eigenvalue weighted by atomic mass is 10.1. The number of rotatable bonds is 5. The zero-order valence-corrected chi connectivity index (χ0v) is 20.0. The maximum atomic E-state index is 14.1. The summed E-state index contributed by atoms with van der Waals surface area (Å²) >= 11 is 0. The summed E-state index contributed by atoms with van der Waals surface area (Å²) < 4.78 is 14.1. The molecule has 5 heterocycles. The lowest BCUT2D eigenvalue weighted by Gasteiger charge is -2.06. The van der Waals surface area contributed by atoms with E-state index < -0.39 is 0 Å². The second-order valence-corrected chi connectivity index (χ2v) is 8.71. The highest BCUT2D eigenvalue weighted by atomic mass is 19.1. The molecule has 0 fully saturated rings. The zero-order valence-electron chi connectivity index (χ0n) is 20.0. The van der Waals surface area contributed by atoms with Crippen molar-refractivity contribution in [2.45, 2.75) is 20.3 Å². The van der Waals surface area contributed by atoms with E-state index in [0.29, 0.717) is 46.1 Å². The number of fused-ring (bicyclic) bond motifs is 2. The molecule has 0 atom stereocenters. The summed E-state index contributed by atoms with van der Waals surface area (Å²) in [6, 6.07) is 10.4. The number of H-pyrrole nitrogens is 2. The van der Waals surface area contributed by atoms with Crippen LogP contribution in [0.25, 0.3) is 56.0 Å². The highest BCUT2D eigenvalue weighted by Gasteiger charge is 2.17. The molecule has 37 heavy (non-hydrogen) atoms. The third-order valence-corrected chi connectivity index (χ3v) is 6.03. The van der Waals surface area contributed by atoms with E-state index in [0.717, 1.165) is 27.5 Å². The third-order valence-electron chi connectivity index (χ3n) is 6.03. The second kappa shape index (κ2) is 8.90. The van der Waals surface area contributed by atoms with Gasteiger partial charge in [-0.15, -0.1) is 0 Å². The lowest BCUT2D eigenvalue weighted by Crippen LogP contribution is -2.09. The van der Waals surface area contributed by atoms with E-state index in [1.165, 1.54) is 12.1 Å². The molecule has 0 radical (unpaired) electrons. The summed E-state index contributed by atoms with van der Waals surface area (Å²) in [5.74, 6) is 0.130. The molecule has 6 aromatic rings. The van der Waals surface area contributed by atoms with E-state index in [2.05, 4.69) is 35.5 Å². The molecule has 0 unspecified atom stereocenters. The van der Waals surface area contributed by atoms with Crippen LogP contribution in [0.2, 0.25) is 0 Å². The van der Waals surface area contributed by atoms with Gasteiger partial charge in [-0.2, -0.15) is 5.10 Å². The van der Waals surface area contributed by atoms with E-state index >= 15 is 0 Å². The molecule has 0 aliphatic heterocycles. The molecule has 0 bridgehead atoms. The van der Waals surface area contributed by atoms with Crippen molar-refractivity contribution >= 4 is 33.5 Å². The molecule has 1 aromatic carbocycles. The van der Waals surface area contributed by atoms with Gasteiger partial charge in [0.2, 0.25) is 5.91 Å². The van der Waals surface area contributed by atoms with Crippen LogP contribution in [0.15, 0.2) is 61.2 Å². The second-order valence-electron chi connectivity index (χ2n) is 8.71. The monoisotopic (exact) mass is 492 g/mol. The fraction of sp³-hybridized carbons (Fsp3) is 0.111. The Kier molecular flexibility index (Phi) is 5.41. The lowest BCUT2D eigenvalue weighted by molar-refractivity contribution is -0.115. The van der Waals surface area contributed by atoms with Gasteiger partial charge in [-0.25, -0.2) is 9.37 Å². The molecule has 9 nitrogen and oxygen atoms in total. The highest BCUT2D eigenvalue weighted by Crippen LogP contribution is 2.32. The van der Waals surface area contributed by atoms with Crippen molar-refractivity contribution in [1.29, 1.82) is 0 Å². The number of anilines is 1. The third kappa shape index (κ3) is 4.18. The summed E-state index contributed by atoms with van der Waals surface area (Å²) in [5, 5.41) is 11.1. The Hall–Kier alpha value is -4.99. The Bertz CT molecular complexity index is 1790. The van der Waals surface area contributed by atoms with E-state index in [4.69, 9.17) is 4.98 Å². The predicted octanol–water partition coefficient (Wildman–Crippen LogP) is 5.42. The normalized spacial score (nSPS) is 11.3. The van der Waals surface area contributed by atoms with Crippen molar-refractivity contribution in [3.05, 3.63) is 72.6 Å². The van der Waals surface area contributed by atoms with Crippen molar-refractivity contribution in [1.82, 2.24) is 35.1 Å². The Morgan fingerprint density at radius 2 is 1.89 bits per heavy atom. The molecule has 0 saturated carbocycles. The molecular formula is C27H21FN8O. The van der Waals surface area contributed by atoms with E-state index in [1.54, 1.807) is 31.7 Å². The fourth-order valence-corrected chi connectivity index (χ4v) is 4.28. The number of nitrogens with zero attached hydrogens (tertiary/aromatic N) is 5. The van der Waals surface area contributed by atoms with Gasteiger partial charge in [0.1, 0.15) is 17.0 Å². The standard InChI is InChI=1S/C27H21FN8O/c1-3-23(37)32-18-9-16(11-29-12-18)21-10-19-22(13-31-21)35-36-25(19)27-33-20-4-5-30-24(26(20)34-27)15-6-14(2)7-17(28)8-15/h4-13H,3H2,1-2H3,(H,32,37)(H,33,34)(H,35,36). The van der Waals surface area contributed by atoms with Crippen LogP contribution < -0.4 is 5.32 Å². The number of imidazole rings is 1. The van der Waals surface area contributed by atoms with Gasteiger partial charge in [-0.1, -0.05) is 6.92 Å². The number of amides is 1. The molecule has 0 saturated heterocycles. The van der Waals surface area contributed by atoms with E-state index in [-0.39, 0.29) is 11.7 Å². The largest absolute Gasteiger partial charge is 0.336 e. The van der Waals surface area contributed by atoms with Crippen molar-refractivity contribution in [2.75, 3.05) is 5.32 Å². The van der Waals surface area contributed by atoms with Crippen LogP contribution >= 0.6 is 0 Å². The number of nitrogens with one attached hydrogen (secondary N) is 3. The molecule has 0 spiro atoms. The number of aryl methyl sites for hydroxylation is 1. The van der Waals surface area contributed by atoms with Crippen molar-refractivity contribution in [3.8, 4) is 34.0 Å². The number of hydrogen-bond acceptors (Lipinski definition) is 6. The number of carbonyl (C=O) groups excluding carboxylic acids is 1. The first-order valence-electron chi connectivity index (χ1n) is 11.7. The average Bonchev–Trinajstić information content (AvgIpc) is 3.51. The minimum absolute atomic E-state index is 0.0911. The molecule has 0 aliphatic carbocycles. The molecule has 5 aromatic heterocycles. The van der Waals surface area contributed by atoms with Crippen LogP contribution in [0.4, 0.5) is 10.1 Å². The first kappa shape index (κ1) is 22.5. The molecule has 1 amide bonds. The summed E-state index contributed by atoms with van der Waals surface area (Å²) in [6.45, 7) is 3.63. The van der Waals surface area contributed by atoms with Gasteiger partial charge in [0.15, 0.2) is 5.82 Å². The number of benzene rings is 1. The van der Waals surface area contributed by atoms with Crippen molar-refractivity contribution < 1.29 is 9.18 Å². The van der Waals surface area contributed by atoms with E-state index in [9.17, 15) is 9.18 Å². The van der Waals surface area contributed by atoms with Gasteiger partial charge in [0.25, 0.3) is 0 Å². The van der Waals surface area contributed by atoms with Gasteiger partial charge < -0.3 is 10.3 Å². The first-order chi connectivity index (χ1) is 18.0. The number of aromatic nitrogens is 7. The smallest absolute Gasteiger partial charge is 0.224 e. The maximum Gasteiger partial charge on any atom is 0.224 e. The Morgan fingerprint density at radius 3 is 2.73 bits per heavy atom. The van der Waals surface area contributed by atoms with Gasteiger partial charge in [-0.3, -0.25) is 24.8 Å². The fourth-order valence-electron chi connectivity index (χ4n) is 4.28. The van der Waals surface area contributed by atoms with E-state index in [1.807, 2.05) is 31.2 Å². The van der Waals surface area contributed by atoms with Gasteiger partial charge >= 0.3 is 0 Å². The summed E-state index contributed by atoms with van der Waals surface area (Å²) in [6.07, 6.45) is 7.03. The number of halogens is 1. The van der Waals surface area contributed by atoms with Crippen LogP contribution in [0.3, 0.4) is 0 Å². The quantitative estimate of drug-likeness (QED) is 0.295. The molecule has 6 rings (SSSR count). The highest BCUT2D eigenvalue weighted by molar-refractivity contribution is 5.97. The van der Waals surface area contributed by atoms with Crippen LogP contribution in [0.1, 0.15) is 18.9 Å². The van der Waals surface area contributed by atoms with Crippen LogP contribution in [0.5, 0.6) is 0 Å². The molecule has 10 heteroatoms. The average molecular weight is 493 g/mol. The Morgan fingerprint density at radius 1 is 1.00 bits per heavy atom. The summed E-state index contributed by atoms with van der Waals surface area (Å²) in [7, 11) is 0. The molecule has 182 valence electrons. The number of hydrogen-bond donors (Lipinski definition) is 3. The summed E-state index contributed by atoms with van der Waals surface area (Å²) in [4.78, 5) is 33.2. The number of carbonyl (C=O) groups is 1. The predicted molar refractivity (Wildman–Crippen MR) is 139 cm³/mol. The summed E-state index contributed by atoms with van der Waals surface area (Å²) in [5.41, 5.74) is 6.79. The molecule has 0 aliphatic rings. The van der Waals surface area contributed by atoms with Gasteiger partial charge in [0, 0.05) is 35.3 Å². The Labute approximate surface area is 210 Å². The molecular weight excluding hydrogens is 471 g/mol. The SMILES string of the molecule is CCC(=O)Nc1cncc(-c2cc3c(-c4nc5c(-c6cc(C)cc(F)c6)nccc5[nH]4)n[nH]c3cn2)c1. The van der Waals surface area contributed by atoms with Crippen molar-refractivity contribution in [3.63, 3.8) is 0 Å². The van der Waals surface area contributed by atoms with Crippen molar-refractivity contribution in [2.24, 2.45) is 0 Å². The first-order valence-corrected chi connectivity index (χ1v) is 11.7. The Balaban J connectivity index is 1.43. The van der Waals surface area contributed by atoms with Gasteiger partial charge in [-0.05, 0) is 48.9 Å². The van der Waals surface area contributed by atoms with Gasteiger partial charge in [0.05, 0.1) is 40.5 Å². The van der Waals surface area contributed by atoms with Crippen LogP contribution in [-0.2, 0) is 4.79 Å². The number of pyridine rings is 3. The minimum atomic E-state index is -0.323. The molecule has 3 N–H and O–H groups in total. The topological polar surface area (TPSA) is 125 Å². The van der Waals surface area contributed by atoms with Crippen LogP contribution in [0, 0.1) is 12.7 Å². The van der Waals surface area contributed by atoms with Crippen LogP contribution in [-0.4, -0.2) is 41.0 Å². The zero-order chi connectivity index (χ0) is 25.5.